The van der Waals surface area contributed by atoms with E-state index in [9.17, 15) is 0 Å². The molecule has 1 unspecified atom stereocenters. The lowest BCUT2D eigenvalue weighted by atomic mass is 9.97. The van der Waals surface area contributed by atoms with Gasteiger partial charge in [-0.2, -0.15) is 0 Å². The molecule has 15 heavy (non-hydrogen) atoms. The first-order valence-corrected chi connectivity index (χ1v) is 6.12. The molecule has 0 heterocycles. The lowest BCUT2D eigenvalue weighted by Gasteiger charge is -2.09. The van der Waals surface area contributed by atoms with Crippen LogP contribution in [0, 0.1) is 6.92 Å². The van der Waals surface area contributed by atoms with E-state index in [1.807, 2.05) is 0 Å². The fourth-order valence-electron chi connectivity index (χ4n) is 2.20. The number of hydrogen-bond donors (Lipinski definition) is 0. The van der Waals surface area contributed by atoms with Gasteiger partial charge in [0.15, 0.2) is 0 Å². The molecule has 0 amide bonds. The van der Waals surface area contributed by atoms with Gasteiger partial charge in [-0.05, 0) is 42.9 Å². The molecule has 0 nitrogen and oxygen atoms in total. The molecule has 0 spiro atoms. The van der Waals surface area contributed by atoms with Gasteiger partial charge in [-0.15, -0.1) is 11.6 Å². The van der Waals surface area contributed by atoms with Crippen LogP contribution < -0.4 is 0 Å². The Labute approximate surface area is 97.0 Å². The first kappa shape index (κ1) is 10.8. The molecule has 0 bridgehead atoms. The number of rotatable bonds is 1. The van der Waals surface area contributed by atoms with Gasteiger partial charge in [0.2, 0.25) is 0 Å². The summed E-state index contributed by atoms with van der Waals surface area (Å²) >= 11 is 6.24. The van der Waals surface area contributed by atoms with Crippen molar-refractivity contribution < 1.29 is 0 Å². The summed E-state index contributed by atoms with van der Waals surface area (Å²) in [5.41, 5.74) is 4.17. The molecular formula is C14H17Cl. The third-order valence-electron chi connectivity index (χ3n) is 3.05. The molecule has 1 aromatic carbocycles. The highest BCUT2D eigenvalue weighted by molar-refractivity contribution is 6.22. The van der Waals surface area contributed by atoms with Gasteiger partial charge < -0.3 is 0 Å². The minimum atomic E-state index is 0.224. The van der Waals surface area contributed by atoms with Gasteiger partial charge in [0.25, 0.3) is 0 Å². The molecule has 1 aliphatic rings. The fraction of sp³-hybridized carbons (Fsp3) is 0.429. The van der Waals surface area contributed by atoms with Crippen molar-refractivity contribution in [1.82, 2.24) is 0 Å². The largest absolute Gasteiger partial charge is 0.118 e. The highest BCUT2D eigenvalue weighted by Gasteiger charge is 2.11. The van der Waals surface area contributed by atoms with E-state index in [-0.39, 0.29) is 5.38 Å². The van der Waals surface area contributed by atoms with Crippen LogP contribution in [-0.2, 0) is 0 Å². The number of halogens is 1. The molecule has 1 aromatic rings. The third-order valence-corrected chi connectivity index (χ3v) is 3.39. The van der Waals surface area contributed by atoms with E-state index in [4.69, 9.17) is 11.6 Å². The Morgan fingerprint density at radius 2 is 2.00 bits per heavy atom. The second kappa shape index (κ2) is 4.85. The summed E-state index contributed by atoms with van der Waals surface area (Å²) in [4.78, 5) is 0. The molecular weight excluding hydrogens is 204 g/mol. The zero-order chi connectivity index (χ0) is 10.7. The first-order valence-electron chi connectivity index (χ1n) is 5.68. The highest BCUT2D eigenvalue weighted by atomic mass is 35.5. The Bertz CT molecular complexity index is 365. The number of hydrogen-bond acceptors (Lipinski definition) is 0. The molecule has 0 aromatic heterocycles. The molecule has 0 N–H and O–H groups in total. The third kappa shape index (κ3) is 2.63. The van der Waals surface area contributed by atoms with Crippen LogP contribution >= 0.6 is 11.6 Å². The number of allylic oxidation sites excluding steroid dienone is 2. The van der Waals surface area contributed by atoms with Crippen molar-refractivity contribution in [2.75, 3.05) is 0 Å². The Morgan fingerprint density at radius 3 is 2.80 bits per heavy atom. The smallest absolute Gasteiger partial charge is 0.0521 e. The van der Waals surface area contributed by atoms with Crippen LogP contribution in [0.15, 0.2) is 30.3 Å². The number of aryl methyl sites for hydroxylation is 1. The predicted octanol–water partition coefficient (Wildman–Crippen LogP) is 4.56. The molecule has 0 fully saturated rings. The maximum Gasteiger partial charge on any atom is 0.0521 e. The van der Waals surface area contributed by atoms with Crippen molar-refractivity contribution in [2.45, 2.75) is 38.0 Å². The van der Waals surface area contributed by atoms with E-state index in [0.29, 0.717) is 0 Å². The first-order chi connectivity index (χ1) is 7.27. The normalized spacial score (nSPS) is 22.0. The summed E-state index contributed by atoms with van der Waals surface area (Å²) in [5, 5.41) is 0.224. The van der Waals surface area contributed by atoms with E-state index in [2.05, 4.69) is 37.3 Å². The van der Waals surface area contributed by atoms with E-state index >= 15 is 0 Å². The van der Waals surface area contributed by atoms with Crippen LogP contribution in [0.5, 0.6) is 0 Å². The van der Waals surface area contributed by atoms with Crippen LogP contribution in [0.2, 0.25) is 0 Å². The van der Waals surface area contributed by atoms with Gasteiger partial charge in [0, 0.05) is 0 Å². The molecule has 1 atom stereocenters. The minimum Gasteiger partial charge on any atom is -0.118 e. The molecule has 80 valence electrons. The number of benzene rings is 1. The average Bonchev–Trinajstić information content (AvgIpc) is 2.43. The zero-order valence-electron chi connectivity index (χ0n) is 9.17. The van der Waals surface area contributed by atoms with Crippen molar-refractivity contribution >= 4 is 17.2 Å². The summed E-state index contributed by atoms with van der Waals surface area (Å²) in [6.07, 6.45) is 7.06. The van der Waals surface area contributed by atoms with Crippen LogP contribution in [0.1, 0.15) is 36.8 Å². The monoisotopic (exact) mass is 220 g/mol. The van der Waals surface area contributed by atoms with Crippen molar-refractivity contribution in [2.24, 2.45) is 0 Å². The summed E-state index contributed by atoms with van der Waals surface area (Å²) in [6, 6.07) is 8.58. The van der Waals surface area contributed by atoms with Crippen molar-refractivity contribution in [3.8, 4) is 0 Å². The molecule has 0 radical (unpaired) electrons. The molecule has 1 aliphatic carbocycles. The van der Waals surface area contributed by atoms with Gasteiger partial charge in [-0.1, -0.05) is 36.8 Å². The lowest BCUT2D eigenvalue weighted by molar-refractivity contribution is 0.724. The maximum atomic E-state index is 6.24. The van der Waals surface area contributed by atoms with Crippen LogP contribution in [0.3, 0.4) is 0 Å². The van der Waals surface area contributed by atoms with Gasteiger partial charge in [-0.3, -0.25) is 0 Å². The molecule has 0 saturated carbocycles. The summed E-state index contributed by atoms with van der Waals surface area (Å²) < 4.78 is 0. The average molecular weight is 221 g/mol. The highest BCUT2D eigenvalue weighted by Crippen LogP contribution is 2.29. The van der Waals surface area contributed by atoms with E-state index in [1.165, 1.54) is 36.0 Å². The maximum absolute atomic E-state index is 6.24. The van der Waals surface area contributed by atoms with Gasteiger partial charge in [-0.25, -0.2) is 0 Å². The van der Waals surface area contributed by atoms with Crippen LogP contribution in [-0.4, -0.2) is 5.38 Å². The predicted molar refractivity (Wildman–Crippen MR) is 67.3 cm³/mol. The summed E-state index contributed by atoms with van der Waals surface area (Å²) in [5.74, 6) is 0. The minimum absolute atomic E-state index is 0.224. The van der Waals surface area contributed by atoms with Gasteiger partial charge in [0.1, 0.15) is 0 Å². The van der Waals surface area contributed by atoms with Crippen LogP contribution in [0.25, 0.3) is 5.57 Å². The fourth-order valence-corrected chi connectivity index (χ4v) is 2.50. The van der Waals surface area contributed by atoms with E-state index in [0.717, 1.165) is 6.42 Å². The SMILES string of the molecule is Cc1ccccc1C1=CC(Cl)CCCC1. The zero-order valence-corrected chi connectivity index (χ0v) is 9.93. The standard InChI is InChI=1S/C14H17Cl/c1-11-6-2-5-9-14(11)12-7-3-4-8-13(15)10-12/h2,5-6,9-10,13H,3-4,7-8H2,1H3. The van der Waals surface area contributed by atoms with Gasteiger partial charge in [0.05, 0.1) is 5.38 Å². The van der Waals surface area contributed by atoms with Crippen LogP contribution in [0.4, 0.5) is 0 Å². The second-order valence-electron chi connectivity index (χ2n) is 4.27. The Morgan fingerprint density at radius 1 is 1.20 bits per heavy atom. The number of alkyl halides is 1. The molecule has 1 heteroatoms. The lowest BCUT2D eigenvalue weighted by Crippen LogP contribution is -1.92. The van der Waals surface area contributed by atoms with Gasteiger partial charge >= 0.3 is 0 Å². The quantitative estimate of drug-likeness (QED) is 0.609. The molecule has 0 saturated heterocycles. The summed E-state index contributed by atoms with van der Waals surface area (Å²) in [7, 11) is 0. The van der Waals surface area contributed by atoms with E-state index in [1.54, 1.807) is 0 Å². The van der Waals surface area contributed by atoms with E-state index < -0.39 is 0 Å². The summed E-state index contributed by atoms with van der Waals surface area (Å²) in [6.45, 7) is 2.17. The Balaban J connectivity index is 2.33. The van der Waals surface area contributed by atoms with Crippen molar-refractivity contribution in [3.63, 3.8) is 0 Å². The topological polar surface area (TPSA) is 0 Å². The Kier molecular flexibility index (Phi) is 3.48. The van der Waals surface area contributed by atoms with Crippen molar-refractivity contribution in [1.29, 1.82) is 0 Å². The second-order valence-corrected chi connectivity index (χ2v) is 4.83. The van der Waals surface area contributed by atoms with Crippen molar-refractivity contribution in [3.05, 3.63) is 41.5 Å². The molecule has 2 rings (SSSR count). The Hall–Kier alpha value is -0.750. The molecule has 0 aliphatic heterocycles.